The highest BCUT2D eigenvalue weighted by atomic mass is 19.1. The van der Waals surface area contributed by atoms with Gasteiger partial charge in [0.25, 0.3) is 11.5 Å². The second-order valence-corrected chi connectivity index (χ2v) is 9.59. The Balaban J connectivity index is 1.43. The minimum atomic E-state index is -1.05. The molecule has 36 heavy (non-hydrogen) atoms. The highest BCUT2D eigenvalue weighted by Crippen LogP contribution is 2.38. The monoisotopic (exact) mass is 497 g/mol. The topological polar surface area (TPSA) is 119 Å². The number of benzene rings is 1. The summed E-state index contributed by atoms with van der Waals surface area (Å²) in [5, 5.41) is 17.2. The number of rotatable bonds is 6. The third-order valence-electron chi connectivity index (χ3n) is 6.60. The molecule has 1 saturated heterocycles. The van der Waals surface area contributed by atoms with Gasteiger partial charge >= 0.3 is 6.09 Å². The highest BCUT2D eigenvalue weighted by Gasteiger charge is 2.40. The second kappa shape index (κ2) is 9.29. The van der Waals surface area contributed by atoms with Gasteiger partial charge in [-0.25, -0.2) is 9.18 Å². The van der Waals surface area contributed by atoms with Crippen LogP contribution in [0, 0.1) is 0 Å². The van der Waals surface area contributed by atoms with E-state index < -0.39 is 29.8 Å². The van der Waals surface area contributed by atoms with Crippen molar-refractivity contribution in [3.05, 3.63) is 52.6 Å². The fourth-order valence-electron chi connectivity index (χ4n) is 4.61. The van der Waals surface area contributed by atoms with Crippen molar-refractivity contribution in [3.63, 3.8) is 0 Å². The van der Waals surface area contributed by atoms with Gasteiger partial charge in [-0.05, 0) is 44.9 Å². The number of carboxylic acid groups (broad SMARTS) is 1. The maximum absolute atomic E-state index is 13.5. The lowest BCUT2D eigenvalue weighted by Gasteiger charge is -2.29. The molecule has 0 radical (unpaired) electrons. The molecular weight excluding hydrogens is 469 g/mol. The first-order valence-electron chi connectivity index (χ1n) is 12.0. The number of hydrogen-bond donors (Lipinski definition) is 2. The van der Waals surface area contributed by atoms with Crippen LogP contribution in [0.15, 0.2) is 41.5 Å². The maximum atomic E-state index is 13.5. The normalized spacial score (nSPS) is 20.1. The van der Waals surface area contributed by atoms with Crippen LogP contribution >= 0.6 is 0 Å². The van der Waals surface area contributed by atoms with Crippen molar-refractivity contribution in [3.8, 4) is 5.75 Å². The maximum Gasteiger partial charge on any atom is 0.407 e. The zero-order valence-electron chi connectivity index (χ0n) is 20.1. The van der Waals surface area contributed by atoms with E-state index in [4.69, 9.17) is 4.74 Å². The van der Waals surface area contributed by atoms with Gasteiger partial charge in [0.1, 0.15) is 17.6 Å². The number of piperidine rings is 1. The minimum absolute atomic E-state index is 0.0456. The molecule has 0 unspecified atom stereocenters. The van der Waals surface area contributed by atoms with Crippen molar-refractivity contribution in [2.24, 2.45) is 0 Å². The Kier molecular flexibility index (Phi) is 6.15. The zero-order valence-corrected chi connectivity index (χ0v) is 20.1. The molecule has 1 saturated carbocycles. The predicted molar refractivity (Wildman–Crippen MR) is 131 cm³/mol. The van der Waals surface area contributed by atoms with E-state index in [-0.39, 0.29) is 23.4 Å². The molecular formula is C25H28FN5O5. The fraction of sp³-hybridized carbons (Fsp3) is 0.440. The fourth-order valence-corrected chi connectivity index (χ4v) is 4.61. The Morgan fingerprint density at radius 2 is 1.97 bits per heavy atom. The summed E-state index contributed by atoms with van der Waals surface area (Å²) in [6, 6.07) is 6.04. The number of aromatic nitrogens is 3. The summed E-state index contributed by atoms with van der Waals surface area (Å²) in [5.74, 6) is -0.180. The van der Waals surface area contributed by atoms with E-state index in [2.05, 4.69) is 10.4 Å². The van der Waals surface area contributed by atoms with Gasteiger partial charge in [-0.1, -0.05) is 0 Å². The van der Waals surface area contributed by atoms with Crippen LogP contribution in [0.2, 0.25) is 0 Å². The first-order valence-corrected chi connectivity index (χ1v) is 12.0. The molecule has 190 valence electrons. The highest BCUT2D eigenvalue weighted by molar-refractivity contribution is 6.08. The molecule has 0 spiro atoms. The number of amides is 2. The molecule has 0 bridgehead atoms. The van der Waals surface area contributed by atoms with Gasteiger partial charge in [-0.15, -0.1) is 0 Å². The third kappa shape index (κ3) is 4.65. The van der Waals surface area contributed by atoms with E-state index in [9.17, 15) is 23.9 Å². The summed E-state index contributed by atoms with van der Waals surface area (Å²) in [6.45, 7) is 4.56. The lowest BCUT2D eigenvalue weighted by molar-refractivity contribution is 0.102. The van der Waals surface area contributed by atoms with E-state index in [1.165, 1.54) is 21.7 Å². The number of pyridine rings is 1. The molecule has 2 aliphatic rings. The van der Waals surface area contributed by atoms with Gasteiger partial charge in [0.05, 0.1) is 29.3 Å². The van der Waals surface area contributed by atoms with Crippen LogP contribution in [0.4, 0.5) is 14.9 Å². The first-order chi connectivity index (χ1) is 17.2. The Hall–Kier alpha value is -3.89. The average molecular weight is 498 g/mol. The molecule has 3 heterocycles. The Bertz CT molecular complexity index is 1370. The number of nitrogens with one attached hydrogen (secondary N) is 1. The average Bonchev–Trinajstić information content (AvgIpc) is 3.41. The van der Waals surface area contributed by atoms with Crippen LogP contribution < -0.4 is 15.6 Å². The Morgan fingerprint density at radius 3 is 2.61 bits per heavy atom. The number of ether oxygens (including phenoxy) is 1. The molecule has 10 nitrogen and oxygen atoms in total. The number of halogens is 1. The van der Waals surface area contributed by atoms with Crippen molar-refractivity contribution in [1.29, 1.82) is 0 Å². The number of fused-ring (bicyclic) bond motifs is 1. The summed E-state index contributed by atoms with van der Waals surface area (Å²) < 4.78 is 22.6. The summed E-state index contributed by atoms with van der Waals surface area (Å²) in [6.07, 6.45) is 2.77. The van der Waals surface area contributed by atoms with Gasteiger partial charge in [0.15, 0.2) is 0 Å². The van der Waals surface area contributed by atoms with Crippen LogP contribution in [0.25, 0.3) is 10.9 Å². The summed E-state index contributed by atoms with van der Waals surface area (Å²) in [7, 11) is 0. The lowest BCUT2D eigenvalue weighted by Crippen LogP contribution is -2.38. The molecule has 2 fully saturated rings. The van der Waals surface area contributed by atoms with Crippen LogP contribution in [-0.4, -0.2) is 61.7 Å². The van der Waals surface area contributed by atoms with Gasteiger partial charge < -0.3 is 24.6 Å². The molecule has 1 aliphatic carbocycles. The first kappa shape index (κ1) is 23.8. The van der Waals surface area contributed by atoms with E-state index in [0.29, 0.717) is 43.6 Å². The van der Waals surface area contributed by atoms with Crippen LogP contribution in [0.5, 0.6) is 5.75 Å². The van der Waals surface area contributed by atoms with E-state index >= 15 is 0 Å². The number of likely N-dealkylation sites (tertiary alicyclic amines) is 1. The van der Waals surface area contributed by atoms with Crippen LogP contribution in [0.1, 0.15) is 55.6 Å². The molecule has 1 aliphatic heterocycles. The molecule has 2 atom stereocenters. The van der Waals surface area contributed by atoms with Crippen LogP contribution in [0.3, 0.4) is 0 Å². The van der Waals surface area contributed by atoms with Gasteiger partial charge in [0.2, 0.25) is 0 Å². The number of nitrogens with zero attached hydrogens (tertiary/aromatic N) is 4. The smallest absolute Gasteiger partial charge is 0.407 e. The SMILES string of the molecule is CC(C)Oc1cc2nn(C3CCN(C(=O)O)CC3)cc2cc1C(=O)Nc1cccn([C@H]2C[C@H]2F)c1=O. The molecule has 1 aromatic carbocycles. The number of carbonyl (C=O) groups is 2. The molecule has 2 aromatic heterocycles. The van der Waals surface area contributed by atoms with Gasteiger partial charge in [-0.3, -0.25) is 14.3 Å². The predicted octanol–water partition coefficient (Wildman–Crippen LogP) is 3.84. The number of carbonyl (C=O) groups excluding carboxylic acids is 1. The lowest BCUT2D eigenvalue weighted by atomic mass is 10.1. The molecule has 5 rings (SSSR count). The van der Waals surface area contributed by atoms with Crippen molar-refractivity contribution >= 4 is 28.6 Å². The van der Waals surface area contributed by atoms with E-state index in [1.54, 1.807) is 18.2 Å². The van der Waals surface area contributed by atoms with Crippen molar-refractivity contribution in [2.75, 3.05) is 18.4 Å². The van der Waals surface area contributed by atoms with E-state index in [1.807, 2.05) is 24.7 Å². The summed E-state index contributed by atoms with van der Waals surface area (Å²) in [5.41, 5.74) is 0.510. The molecule has 2 N–H and O–H groups in total. The number of alkyl halides is 1. The molecule has 11 heteroatoms. The van der Waals surface area contributed by atoms with Crippen LogP contribution in [-0.2, 0) is 0 Å². The van der Waals surface area contributed by atoms with E-state index in [0.717, 1.165) is 5.39 Å². The third-order valence-corrected chi connectivity index (χ3v) is 6.60. The van der Waals surface area contributed by atoms with Crippen molar-refractivity contribution in [2.45, 2.75) is 57.5 Å². The minimum Gasteiger partial charge on any atom is -0.490 e. The molecule has 3 aromatic rings. The Labute approximate surface area is 206 Å². The Morgan fingerprint density at radius 1 is 1.25 bits per heavy atom. The zero-order chi connectivity index (χ0) is 25.6. The largest absolute Gasteiger partial charge is 0.490 e. The second-order valence-electron chi connectivity index (χ2n) is 9.59. The van der Waals surface area contributed by atoms with Gasteiger partial charge in [-0.2, -0.15) is 5.10 Å². The number of hydrogen-bond acceptors (Lipinski definition) is 5. The summed E-state index contributed by atoms with van der Waals surface area (Å²) in [4.78, 5) is 38.7. The quantitative estimate of drug-likeness (QED) is 0.534. The van der Waals surface area contributed by atoms with Gasteiger partial charge in [0, 0.05) is 43.4 Å². The number of anilines is 1. The standard InChI is InChI=1S/C25H28FN5O5/c1-14(2)36-22-12-20-15(13-31(28-20)16-5-8-29(9-6-16)25(34)35)10-17(22)23(32)27-19-4-3-7-30(24(19)33)21-11-18(21)26/h3-4,7,10,12-14,16,18,21H,5-6,8-9,11H2,1-2H3,(H,27,32)(H,34,35)/t18-,21+/m1/s1. The molecule has 2 amide bonds. The van der Waals surface area contributed by atoms with Crippen molar-refractivity contribution in [1.82, 2.24) is 19.2 Å². The van der Waals surface area contributed by atoms with Crippen molar-refractivity contribution < 1.29 is 23.8 Å². The summed E-state index contributed by atoms with van der Waals surface area (Å²) >= 11 is 0.